The van der Waals surface area contributed by atoms with Crippen molar-refractivity contribution in [2.75, 3.05) is 0 Å². The Labute approximate surface area is 832 Å². The van der Waals surface area contributed by atoms with Gasteiger partial charge >= 0.3 is 64.1 Å². The Kier molecular flexibility index (Phi) is 33.7. The molecule has 0 aromatic heterocycles. The van der Waals surface area contributed by atoms with Crippen molar-refractivity contribution in [1.29, 1.82) is 0 Å². The lowest BCUT2D eigenvalue weighted by molar-refractivity contribution is 0.306. The number of rotatable bonds is 24. The van der Waals surface area contributed by atoms with Crippen molar-refractivity contribution < 1.29 is 137 Å². The molecule has 0 aliphatic carbocycles. The molecular weight excluding hydrogens is 1930 g/mol. The first kappa shape index (κ1) is 105. The molecule has 147 heavy (non-hydrogen) atoms. The maximum Gasteiger partial charge on any atom is 0.491 e. The summed E-state index contributed by atoms with van der Waals surface area (Å²) in [6, 6.07) is 84.9. The highest BCUT2D eigenvalue weighted by atomic mass is 19.2. The fraction of sp³-hybridized carbons (Fsp3) is 0. The zero-order chi connectivity index (χ0) is 104. The Morgan fingerprint density at radius 2 is 0.320 bits per heavy atom. The molecule has 18 aromatic rings. The molecule has 12 nitrogen and oxygen atoms in total. The molecule has 726 valence electrons. The van der Waals surface area contributed by atoms with Gasteiger partial charge in [0.1, 0.15) is 105 Å². The van der Waals surface area contributed by atoms with Gasteiger partial charge in [0.2, 0.25) is 0 Å². The van der Waals surface area contributed by atoms with E-state index in [2.05, 4.69) is 0 Å². The molecule has 39 heteroatoms. The predicted molar refractivity (Wildman–Crippen MR) is 534 cm³/mol. The Hall–Kier alpha value is -15.2. The second-order valence-corrected chi connectivity index (χ2v) is 33.1. The van der Waals surface area contributed by atoms with E-state index >= 15 is 26.3 Å². The third kappa shape index (κ3) is 26.2. The third-order valence-corrected chi connectivity index (χ3v) is 23.3. The van der Waals surface area contributed by atoms with Gasteiger partial charge in [0.15, 0.2) is 0 Å². The van der Waals surface area contributed by atoms with Gasteiger partial charge in [-0.3, -0.25) is 0 Å². The second-order valence-electron chi connectivity index (χ2n) is 33.1. The van der Waals surface area contributed by atoms with Gasteiger partial charge < -0.3 is 57.6 Å². The topological polar surface area (TPSA) is 177 Å². The molecule has 0 radical (unpaired) electrons. The second kappa shape index (κ2) is 47.3. The average molecular weight is 2000 g/mol. The SMILES string of the molecule is Fc1cccc(-c2ccc(B3OB(c4ccc(-c5cccc(F)c5)cc4F)OB(c4ccc(-c5cccc(F)c5)cc4F)O3)c(F)c2)c1.OB(O)c1ccc(-c2cccc(F)c2)cc1F.OB(OB(O)c1ccc(-c2cccc(F)c2)cc1F)c1ccc(-c2cccc(F)c2)cc1F.OB(OB(OB(O)c1ccc(-c2cccc(F)c2)cc1F)c1ccc(-c2cccc(F)c2)cc1F)c1ccc(-c2cccc(F)c2)cc1F. The van der Waals surface area contributed by atoms with Crippen LogP contribution in [0.2, 0.25) is 0 Å². The first-order valence-corrected chi connectivity index (χ1v) is 44.7. The first-order chi connectivity index (χ1) is 70.6. The maximum atomic E-state index is 15.7. The van der Waals surface area contributed by atoms with Crippen molar-refractivity contribution >= 4 is 113 Å². The van der Waals surface area contributed by atoms with E-state index in [1.165, 1.54) is 273 Å². The summed E-state index contributed by atoms with van der Waals surface area (Å²) >= 11 is 0. The molecule has 0 spiro atoms. The highest BCUT2D eigenvalue weighted by molar-refractivity contribution is 6.87. The van der Waals surface area contributed by atoms with Gasteiger partial charge in [0.25, 0.3) is 0 Å². The fourth-order valence-electron chi connectivity index (χ4n) is 15.8. The van der Waals surface area contributed by atoms with Gasteiger partial charge in [-0.05, 0) is 264 Å². The lowest BCUT2D eigenvalue weighted by Crippen LogP contribution is -2.62. The number of halogens is 18. The molecule has 6 N–H and O–H groups in total. The van der Waals surface area contributed by atoms with Crippen LogP contribution in [0.15, 0.2) is 382 Å². The van der Waals surface area contributed by atoms with Crippen LogP contribution in [0.4, 0.5) is 79.0 Å². The summed E-state index contributed by atoms with van der Waals surface area (Å²) in [4.78, 5) is 0. The molecular formula is C108H69B9F18O12. The van der Waals surface area contributed by atoms with E-state index in [0.717, 1.165) is 36.4 Å². The fourth-order valence-corrected chi connectivity index (χ4v) is 15.8. The minimum absolute atomic E-state index is 0.0953. The molecule has 1 heterocycles. The first-order valence-electron chi connectivity index (χ1n) is 44.7. The van der Waals surface area contributed by atoms with Gasteiger partial charge in [0.05, 0.1) is 0 Å². The lowest BCUT2D eigenvalue weighted by atomic mass is 9.61. The summed E-state index contributed by atoms with van der Waals surface area (Å²) in [7, 11) is -16.3. The lowest BCUT2D eigenvalue weighted by Gasteiger charge is -2.32. The monoisotopic (exact) mass is 2000 g/mol. The van der Waals surface area contributed by atoms with Crippen LogP contribution in [0.5, 0.6) is 0 Å². The van der Waals surface area contributed by atoms with Crippen LogP contribution in [0, 0.1) is 105 Å². The van der Waals surface area contributed by atoms with Crippen LogP contribution in [0.25, 0.3) is 100 Å². The molecule has 0 unspecified atom stereocenters. The smallest absolute Gasteiger partial charge is 0.444 e. The van der Waals surface area contributed by atoms with E-state index in [0.29, 0.717) is 94.6 Å². The normalized spacial score (nSPS) is 11.6. The minimum Gasteiger partial charge on any atom is -0.444 e. The number of benzene rings is 18. The van der Waals surface area contributed by atoms with Crippen LogP contribution in [0.3, 0.4) is 0 Å². The van der Waals surface area contributed by atoms with Crippen molar-refractivity contribution in [3.63, 3.8) is 0 Å². The zero-order valence-corrected chi connectivity index (χ0v) is 76.0. The Morgan fingerprint density at radius 3 is 0.490 bits per heavy atom. The molecule has 0 bridgehead atoms. The molecule has 1 aliphatic rings. The summed E-state index contributed by atoms with van der Waals surface area (Å²) in [5.74, 6) is -12.1. The van der Waals surface area contributed by atoms with Crippen molar-refractivity contribution in [2.24, 2.45) is 0 Å². The summed E-state index contributed by atoms with van der Waals surface area (Å²) in [6.45, 7) is 0. The summed E-state index contributed by atoms with van der Waals surface area (Å²) < 4.78 is 292. The minimum atomic E-state index is -2.10. The maximum absolute atomic E-state index is 15.7. The highest BCUT2D eigenvalue weighted by Gasteiger charge is 2.47. The molecule has 1 aliphatic heterocycles. The summed E-state index contributed by atoms with van der Waals surface area (Å²) in [5.41, 5.74) is 4.85. The van der Waals surface area contributed by atoms with Crippen LogP contribution in [0.1, 0.15) is 0 Å². The van der Waals surface area contributed by atoms with Crippen LogP contribution >= 0.6 is 0 Å². The number of hydrogen-bond acceptors (Lipinski definition) is 12. The van der Waals surface area contributed by atoms with Gasteiger partial charge in [-0.1, -0.05) is 218 Å². The van der Waals surface area contributed by atoms with Crippen LogP contribution < -0.4 is 49.2 Å². The molecule has 0 amide bonds. The highest BCUT2D eigenvalue weighted by Crippen LogP contribution is 2.32. The Morgan fingerprint density at radius 1 is 0.163 bits per heavy atom. The molecule has 1 fully saturated rings. The largest absolute Gasteiger partial charge is 0.491 e. The number of hydrogen-bond donors (Lipinski definition) is 6. The van der Waals surface area contributed by atoms with Crippen molar-refractivity contribution in [2.45, 2.75) is 0 Å². The zero-order valence-electron chi connectivity index (χ0n) is 76.0. The summed E-state index contributed by atoms with van der Waals surface area (Å²) in [6.07, 6.45) is 0. The van der Waals surface area contributed by atoms with Gasteiger partial charge in [-0.2, -0.15) is 0 Å². The van der Waals surface area contributed by atoms with E-state index in [1.54, 1.807) is 72.8 Å². The van der Waals surface area contributed by atoms with Crippen LogP contribution in [-0.4, -0.2) is 94.2 Å². The van der Waals surface area contributed by atoms with E-state index in [-0.39, 0.29) is 43.8 Å². The van der Waals surface area contributed by atoms with E-state index < -0.39 is 180 Å². The molecule has 18 aromatic carbocycles. The Balaban J connectivity index is 0.000000148. The predicted octanol–water partition coefficient (Wildman–Crippen LogP) is 18.1. The van der Waals surface area contributed by atoms with Crippen molar-refractivity contribution in [3.8, 4) is 100 Å². The molecule has 19 rings (SSSR count). The van der Waals surface area contributed by atoms with E-state index in [1.807, 2.05) is 0 Å². The van der Waals surface area contributed by atoms with E-state index in [4.69, 9.17) is 37.5 Å². The van der Waals surface area contributed by atoms with E-state index in [9.17, 15) is 72.8 Å². The van der Waals surface area contributed by atoms with Gasteiger partial charge in [0, 0.05) is 49.2 Å². The molecule has 0 saturated carbocycles. The standard InChI is InChI=1S/C36H23B3F6O4.C36H21B3F6O3.C24H16B2F4O3.C12H9BF2O2/c40-28-7-1-4-22(16-28)25-10-13-31(34(43)19-25)37(46)48-39(33-15-12-27(21-36(33)45)24-6-3-9-30(42)18-24)49-38(47)32-14-11-26(20-35(32)44)23-5-2-8-29(41)17-23;40-28-7-1-4-22(16-28)25-10-13-31(34(43)19-25)37-46-38(32-14-11-26(20-35(32)44)23-5-2-8-29(41)17-23)48-39(47-37)33-15-12-27(21-36(33)45)24-6-3-9-30(42)18-24;27-19-5-1-3-15(11-19)17-7-9-21(23(29)13-17)25(31)33-26(32)22-10-8-18(14-24(22)30)16-4-2-6-20(28)12-16;14-10-3-1-2-8(6-10)9-4-5-11(13(16)17)12(15)7-9/h1-21,46-47H;1-21H;1-14,31-32H;1-7,16-17H. The van der Waals surface area contributed by atoms with Crippen LogP contribution in [-0.2, 0) is 27.4 Å². The molecule has 1 saturated heterocycles. The molecule has 0 atom stereocenters. The van der Waals surface area contributed by atoms with Gasteiger partial charge in [-0.15, -0.1) is 0 Å². The summed E-state index contributed by atoms with van der Waals surface area (Å²) in [5, 5.41) is 60.1. The third-order valence-electron chi connectivity index (χ3n) is 23.3. The van der Waals surface area contributed by atoms with Gasteiger partial charge in [-0.25, -0.2) is 79.0 Å². The quantitative estimate of drug-likeness (QED) is 0.0250. The average Bonchev–Trinajstić information content (AvgIpc) is 0.772. The van der Waals surface area contributed by atoms with Crippen molar-refractivity contribution in [3.05, 3.63) is 487 Å². The Bertz CT molecular complexity index is 7390. The van der Waals surface area contributed by atoms with Crippen molar-refractivity contribution in [1.82, 2.24) is 0 Å².